The third-order valence-corrected chi connectivity index (χ3v) is 1.72. The molecule has 0 aliphatic rings. The van der Waals surface area contributed by atoms with Gasteiger partial charge in [0.2, 0.25) is 0 Å². The standard InChI is InChI=1S/C9H11FO3/c1-13-7-4-6(2-3-11)9(10)8(12)5-7/h4-5,11-12H,2-3H2,1H3. The van der Waals surface area contributed by atoms with Gasteiger partial charge in [-0.2, -0.15) is 0 Å². The first kappa shape index (κ1) is 9.80. The van der Waals surface area contributed by atoms with Crippen molar-refractivity contribution in [1.29, 1.82) is 0 Å². The van der Waals surface area contributed by atoms with E-state index in [0.717, 1.165) is 0 Å². The zero-order valence-electron chi connectivity index (χ0n) is 7.25. The van der Waals surface area contributed by atoms with E-state index in [1.807, 2.05) is 0 Å². The normalized spacial score (nSPS) is 10.1. The van der Waals surface area contributed by atoms with Crippen molar-refractivity contribution in [2.45, 2.75) is 6.42 Å². The molecule has 0 heterocycles. The van der Waals surface area contributed by atoms with E-state index in [1.54, 1.807) is 0 Å². The van der Waals surface area contributed by atoms with Crippen LogP contribution in [0, 0.1) is 5.82 Å². The molecule has 1 aromatic rings. The lowest BCUT2D eigenvalue weighted by Crippen LogP contribution is -1.96. The van der Waals surface area contributed by atoms with Crippen LogP contribution in [0.4, 0.5) is 4.39 Å². The number of aromatic hydroxyl groups is 1. The minimum absolute atomic E-state index is 0.163. The topological polar surface area (TPSA) is 49.7 Å². The molecule has 13 heavy (non-hydrogen) atoms. The summed E-state index contributed by atoms with van der Waals surface area (Å²) >= 11 is 0. The first-order valence-corrected chi connectivity index (χ1v) is 3.85. The summed E-state index contributed by atoms with van der Waals surface area (Å²) in [5.41, 5.74) is 0.249. The van der Waals surface area contributed by atoms with E-state index in [4.69, 9.17) is 14.9 Å². The molecule has 0 spiro atoms. The summed E-state index contributed by atoms with van der Waals surface area (Å²) in [5, 5.41) is 17.7. The number of halogens is 1. The van der Waals surface area contributed by atoms with E-state index in [2.05, 4.69) is 0 Å². The van der Waals surface area contributed by atoms with Crippen LogP contribution in [0.25, 0.3) is 0 Å². The largest absolute Gasteiger partial charge is 0.505 e. The van der Waals surface area contributed by atoms with Gasteiger partial charge < -0.3 is 14.9 Å². The molecular weight excluding hydrogens is 175 g/mol. The first-order chi connectivity index (χ1) is 6.19. The molecule has 0 unspecified atom stereocenters. The van der Waals surface area contributed by atoms with Gasteiger partial charge in [-0.25, -0.2) is 4.39 Å². The van der Waals surface area contributed by atoms with E-state index in [1.165, 1.54) is 19.2 Å². The fourth-order valence-corrected chi connectivity index (χ4v) is 1.06. The SMILES string of the molecule is COc1cc(O)c(F)c(CCO)c1. The fraction of sp³-hybridized carbons (Fsp3) is 0.333. The van der Waals surface area contributed by atoms with Gasteiger partial charge in [0, 0.05) is 12.7 Å². The van der Waals surface area contributed by atoms with Gasteiger partial charge in [0.05, 0.1) is 7.11 Å². The van der Waals surface area contributed by atoms with Crippen molar-refractivity contribution >= 4 is 0 Å². The zero-order chi connectivity index (χ0) is 9.84. The number of ether oxygens (including phenoxy) is 1. The van der Waals surface area contributed by atoms with Gasteiger partial charge in [-0.1, -0.05) is 0 Å². The van der Waals surface area contributed by atoms with Gasteiger partial charge in [0.25, 0.3) is 0 Å². The molecule has 4 heteroatoms. The Balaban J connectivity index is 3.09. The Morgan fingerprint density at radius 1 is 1.46 bits per heavy atom. The molecule has 2 N–H and O–H groups in total. The molecule has 3 nitrogen and oxygen atoms in total. The molecule has 0 atom stereocenters. The number of hydrogen-bond acceptors (Lipinski definition) is 3. The molecule has 0 aromatic heterocycles. The lowest BCUT2D eigenvalue weighted by molar-refractivity contribution is 0.296. The summed E-state index contributed by atoms with van der Waals surface area (Å²) < 4.78 is 17.9. The van der Waals surface area contributed by atoms with Crippen molar-refractivity contribution in [3.8, 4) is 11.5 Å². The van der Waals surface area contributed by atoms with Crippen LogP contribution < -0.4 is 4.74 Å². The molecule has 0 fully saturated rings. The average Bonchev–Trinajstić information content (AvgIpc) is 2.13. The van der Waals surface area contributed by atoms with Crippen LogP contribution in [-0.2, 0) is 6.42 Å². The smallest absolute Gasteiger partial charge is 0.168 e. The molecule has 1 aromatic carbocycles. The molecule has 0 amide bonds. The van der Waals surface area contributed by atoms with E-state index >= 15 is 0 Å². The number of hydrogen-bond donors (Lipinski definition) is 2. The van der Waals surface area contributed by atoms with Crippen molar-refractivity contribution in [1.82, 2.24) is 0 Å². The Kier molecular flexibility index (Phi) is 3.08. The van der Waals surface area contributed by atoms with Crippen LogP contribution >= 0.6 is 0 Å². The molecular formula is C9H11FO3. The van der Waals surface area contributed by atoms with Crippen LogP contribution in [0.15, 0.2) is 12.1 Å². The molecule has 0 saturated carbocycles. The molecule has 0 radical (unpaired) electrons. The summed E-state index contributed by atoms with van der Waals surface area (Å²) in [5.74, 6) is -0.778. The van der Waals surface area contributed by atoms with Crippen LogP contribution in [0.5, 0.6) is 11.5 Å². The Morgan fingerprint density at radius 3 is 2.69 bits per heavy atom. The highest BCUT2D eigenvalue weighted by Crippen LogP contribution is 2.26. The Labute approximate surface area is 75.4 Å². The summed E-state index contributed by atoms with van der Waals surface area (Å²) in [4.78, 5) is 0. The predicted octanol–water partition coefficient (Wildman–Crippen LogP) is 1.07. The van der Waals surface area contributed by atoms with Gasteiger partial charge in [-0.15, -0.1) is 0 Å². The van der Waals surface area contributed by atoms with E-state index in [-0.39, 0.29) is 18.6 Å². The molecule has 0 aliphatic heterocycles. The molecule has 0 bridgehead atoms. The zero-order valence-corrected chi connectivity index (χ0v) is 7.25. The molecule has 1 rings (SSSR count). The molecule has 72 valence electrons. The summed E-state index contributed by atoms with van der Waals surface area (Å²) in [7, 11) is 1.43. The van der Waals surface area contributed by atoms with Crippen molar-refractivity contribution in [3.05, 3.63) is 23.5 Å². The third kappa shape index (κ3) is 2.09. The number of aliphatic hydroxyl groups excluding tert-OH is 1. The summed E-state index contributed by atoms with van der Waals surface area (Å²) in [6, 6.07) is 2.64. The van der Waals surface area contributed by atoms with Gasteiger partial charge in [-0.05, 0) is 18.1 Å². The third-order valence-electron chi connectivity index (χ3n) is 1.72. The maximum absolute atomic E-state index is 13.1. The van der Waals surface area contributed by atoms with Crippen LogP contribution in [0.2, 0.25) is 0 Å². The van der Waals surface area contributed by atoms with Crippen LogP contribution in [0.3, 0.4) is 0 Å². The van der Waals surface area contributed by atoms with Crippen LogP contribution in [0.1, 0.15) is 5.56 Å². The Hall–Kier alpha value is -1.29. The number of benzene rings is 1. The second kappa shape index (κ2) is 4.09. The maximum Gasteiger partial charge on any atom is 0.168 e. The van der Waals surface area contributed by atoms with E-state index in [9.17, 15) is 4.39 Å². The number of phenols is 1. The Morgan fingerprint density at radius 2 is 2.15 bits per heavy atom. The van der Waals surface area contributed by atoms with Crippen molar-refractivity contribution in [3.63, 3.8) is 0 Å². The quantitative estimate of drug-likeness (QED) is 0.742. The van der Waals surface area contributed by atoms with Crippen molar-refractivity contribution < 1.29 is 19.3 Å². The average molecular weight is 186 g/mol. The number of aliphatic hydroxyl groups is 1. The van der Waals surface area contributed by atoms with Crippen LogP contribution in [-0.4, -0.2) is 23.9 Å². The Bertz CT molecular complexity index is 299. The van der Waals surface area contributed by atoms with Crippen molar-refractivity contribution in [2.24, 2.45) is 0 Å². The van der Waals surface area contributed by atoms with E-state index in [0.29, 0.717) is 5.75 Å². The predicted molar refractivity (Wildman–Crippen MR) is 45.4 cm³/mol. The number of rotatable bonds is 3. The highest BCUT2D eigenvalue weighted by Gasteiger charge is 2.09. The second-order valence-electron chi connectivity index (χ2n) is 2.59. The highest BCUT2D eigenvalue weighted by atomic mass is 19.1. The highest BCUT2D eigenvalue weighted by molar-refractivity contribution is 5.39. The fourth-order valence-electron chi connectivity index (χ4n) is 1.06. The lowest BCUT2D eigenvalue weighted by atomic mass is 10.1. The van der Waals surface area contributed by atoms with Crippen molar-refractivity contribution in [2.75, 3.05) is 13.7 Å². The monoisotopic (exact) mass is 186 g/mol. The van der Waals surface area contributed by atoms with Gasteiger partial charge in [-0.3, -0.25) is 0 Å². The number of phenolic OH excluding ortho intramolecular Hbond substituents is 1. The molecule has 0 aliphatic carbocycles. The molecule has 0 saturated heterocycles. The second-order valence-corrected chi connectivity index (χ2v) is 2.59. The maximum atomic E-state index is 13.1. The van der Waals surface area contributed by atoms with Gasteiger partial charge in [0.1, 0.15) is 5.75 Å². The number of methoxy groups -OCH3 is 1. The lowest BCUT2D eigenvalue weighted by Gasteiger charge is -2.06. The van der Waals surface area contributed by atoms with Gasteiger partial charge >= 0.3 is 0 Å². The van der Waals surface area contributed by atoms with Gasteiger partial charge in [0.15, 0.2) is 11.6 Å². The first-order valence-electron chi connectivity index (χ1n) is 3.85. The summed E-state index contributed by atoms with van der Waals surface area (Å²) in [6.07, 6.45) is 0.163. The van der Waals surface area contributed by atoms with E-state index < -0.39 is 11.6 Å². The minimum Gasteiger partial charge on any atom is -0.505 e. The summed E-state index contributed by atoms with van der Waals surface area (Å²) in [6.45, 7) is -0.163. The minimum atomic E-state index is -0.699.